The van der Waals surface area contributed by atoms with E-state index in [1.54, 1.807) is 0 Å². The molecule has 0 fully saturated rings. The van der Waals surface area contributed by atoms with Crippen LogP contribution in [0, 0.1) is 11.5 Å². The van der Waals surface area contributed by atoms with Crippen molar-refractivity contribution in [1.82, 2.24) is 0 Å². The van der Waals surface area contributed by atoms with E-state index < -0.39 is 8.07 Å². The minimum absolute atomic E-state index is 1.13. The molecule has 0 aromatic rings. The van der Waals surface area contributed by atoms with Crippen LogP contribution in [0.5, 0.6) is 0 Å². The molecular formula is C15H15BrSi. The molecule has 86 valence electrons. The van der Waals surface area contributed by atoms with Gasteiger partial charge >= 0.3 is 0 Å². The van der Waals surface area contributed by atoms with Gasteiger partial charge in [0.2, 0.25) is 0 Å². The van der Waals surface area contributed by atoms with Gasteiger partial charge in [0.25, 0.3) is 0 Å². The highest BCUT2D eigenvalue weighted by atomic mass is 79.9. The van der Waals surface area contributed by atoms with E-state index in [-0.39, 0.29) is 0 Å². The van der Waals surface area contributed by atoms with E-state index in [4.69, 9.17) is 0 Å². The van der Waals surface area contributed by atoms with Crippen LogP contribution in [0.1, 0.15) is 5.56 Å². The molecule has 2 rings (SSSR count). The van der Waals surface area contributed by atoms with Crippen LogP contribution < -0.4 is 0 Å². The van der Waals surface area contributed by atoms with Crippen molar-refractivity contribution >= 4 is 24.0 Å². The summed E-state index contributed by atoms with van der Waals surface area (Å²) in [6.45, 7) is 6.79. The van der Waals surface area contributed by atoms with Gasteiger partial charge in [-0.25, -0.2) is 0 Å². The van der Waals surface area contributed by atoms with E-state index in [2.05, 4.69) is 77.4 Å². The van der Waals surface area contributed by atoms with Crippen LogP contribution in [-0.2, 0) is 0 Å². The molecule has 0 aromatic heterocycles. The van der Waals surface area contributed by atoms with Gasteiger partial charge in [0.1, 0.15) is 8.07 Å². The largest absolute Gasteiger partial charge is 0.129 e. The Morgan fingerprint density at radius 3 is 2.29 bits per heavy atom. The monoisotopic (exact) mass is 302 g/mol. The number of halogens is 1. The zero-order valence-corrected chi connectivity index (χ0v) is 12.9. The van der Waals surface area contributed by atoms with Crippen molar-refractivity contribution < 1.29 is 0 Å². The van der Waals surface area contributed by atoms with Crippen molar-refractivity contribution in [2.45, 2.75) is 19.6 Å². The first kappa shape index (κ1) is 12.4. The van der Waals surface area contributed by atoms with Gasteiger partial charge < -0.3 is 0 Å². The lowest BCUT2D eigenvalue weighted by Gasteiger charge is -2.03. The molecular weight excluding hydrogens is 288 g/mol. The molecule has 0 bridgehead atoms. The molecule has 0 amide bonds. The summed E-state index contributed by atoms with van der Waals surface area (Å²) in [6, 6.07) is 12.5. The minimum Gasteiger partial charge on any atom is -0.127 e. The van der Waals surface area contributed by atoms with Crippen LogP contribution in [-0.4, -0.2) is 8.07 Å². The average molecular weight is 303 g/mol. The van der Waals surface area contributed by atoms with Crippen molar-refractivity contribution in [2.75, 3.05) is 0 Å². The van der Waals surface area contributed by atoms with Crippen LogP contribution in [0.2, 0.25) is 19.6 Å². The quantitative estimate of drug-likeness (QED) is 0.485. The molecule has 0 heterocycles. The number of hydrogen-bond acceptors (Lipinski definition) is 0. The Hall–Kier alpha value is -1.04. The van der Waals surface area contributed by atoms with E-state index in [0.717, 1.165) is 10.0 Å². The molecule has 0 aliphatic heterocycles. The Morgan fingerprint density at radius 2 is 1.65 bits per heavy atom. The van der Waals surface area contributed by atoms with E-state index >= 15 is 0 Å². The maximum Gasteiger partial charge on any atom is 0.129 e. The molecule has 0 saturated carbocycles. The van der Waals surface area contributed by atoms with Gasteiger partial charge in [0, 0.05) is 10.0 Å². The highest BCUT2D eigenvalue weighted by Crippen LogP contribution is 2.34. The minimum atomic E-state index is -1.31. The topological polar surface area (TPSA) is 0 Å². The Morgan fingerprint density at radius 1 is 1.00 bits per heavy atom. The summed E-state index contributed by atoms with van der Waals surface area (Å²) in [5, 5.41) is 0. The van der Waals surface area contributed by atoms with Crippen LogP contribution in [0.3, 0.4) is 0 Å². The molecule has 17 heavy (non-hydrogen) atoms. The van der Waals surface area contributed by atoms with Crippen molar-refractivity contribution in [3.63, 3.8) is 0 Å². The Balaban J connectivity index is 2.55. The lowest BCUT2D eigenvalue weighted by molar-refractivity contribution is 1.77. The van der Waals surface area contributed by atoms with Gasteiger partial charge in [-0.05, 0) is 17.2 Å². The molecule has 0 atom stereocenters. The number of hydrogen-bond donors (Lipinski definition) is 0. The van der Waals surface area contributed by atoms with E-state index in [9.17, 15) is 0 Å². The standard InChI is InChI=1S/C15H15BrSi/c1-17(2,3)10-9-12-11-15(16)14-8-6-4-5-7-13(12)14/h4-8,11H,1-3H3. The van der Waals surface area contributed by atoms with E-state index in [0.29, 0.717) is 0 Å². The molecule has 2 heteroatoms. The van der Waals surface area contributed by atoms with Crippen LogP contribution in [0.25, 0.3) is 11.1 Å². The summed E-state index contributed by atoms with van der Waals surface area (Å²) in [4.78, 5) is 0. The average Bonchev–Trinajstić information content (AvgIpc) is 2.43. The first-order valence-electron chi connectivity index (χ1n) is 5.68. The second-order valence-corrected chi connectivity index (χ2v) is 10.7. The fourth-order valence-corrected chi connectivity index (χ4v) is 2.72. The highest BCUT2D eigenvalue weighted by molar-refractivity contribution is 9.10. The molecule has 0 saturated heterocycles. The zero-order chi connectivity index (χ0) is 12.5. The molecule has 2 aliphatic carbocycles. The smallest absolute Gasteiger partial charge is 0.127 e. The summed E-state index contributed by atoms with van der Waals surface area (Å²) in [5.74, 6) is 3.34. The first-order chi connectivity index (χ1) is 7.97. The van der Waals surface area contributed by atoms with Gasteiger partial charge in [0.15, 0.2) is 0 Å². The van der Waals surface area contributed by atoms with Gasteiger partial charge in [-0.1, -0.05) is 71.8 Å². The SMILES string of the molecule is C[Si](C)(C)C#Cc1cc(Br)c2cccccc1-2. The Bertz CT molecular complexity index is 570. The fraction of sp³-hybridized carbons (Fsp3) is 0.200. The summed E-state index contributed by atoms with van der Waals surface area (Å²) >= 11 is 3.60. The molecule has 0 unspecified atom stereocenters. The number of fused-ring (bicyclic) bond motifs is 1. The third-order valence-electron chi connectivity index (χ3n) is 2.43. The van der Waals surface area contributed by atoms with Crippen LogP contribution >= 0.6 is 15.9 Å². The first-order valence-corrected chi connectivity index (χ1v) is 9.97. The zero-order valence-electron chi connectivity index (χ0n) is 10.3. The lowest BCUT2D eigenvalue weighted by atomic mass is 10.1. The maximum atomic E-state index is 3.60. The second kappa shape index (κ2) is 4.68. The molecule has 0 N–H and O–H groups in total. The van der Waals surface area contributed by atoms with Crippen LogP contribution in [0.4, 0.5) is 0 Å². The molecule has 2 aliphatic rings. The van der Waals surface area contributed by atoms with Gasteiger partial charge in [-0.2, -0.15) is 0 Å². The third-order valence-corrected chi connectivity index (χ3v) is 3.96. The molecule has 0 nitrogen and oxygen atoms in total. The lowest BCUT2D eigenvalue weighted by Crippen LogP contribution is -2.16. The van der Waals surface area contributed by atoms with Gasteiger partial charge in [0.05, 0.1) is 0 Å². The molecule has 0 spiro atoms. The summed E-state index contributed by atoms with van der Waals surface area (Å²) in [6.07, 6.45) is 0. The fourth-order valence-electron chi connectivity index (χ4n) is 1.63. The van der Waals surface area contributed by atoms with Gasteiger partial charge in [-0.3, -0.25) is 0 Å². The molecule has 0 radical (unpaired) electrons. The van der Waals surface area contributed by atoms with Crippen LogP contribution in [0.15, 0.2) is 40.9 Å². The summed E-state index contributed by atoms with van der Waals surface area (Å²) in [7, 11) is -1.31. The normalized spacial score (nSPS) is 11.1. The van der Waals surface area contributed by atoms with Crippen molar-refractivity contribution in [3.05, 3.63) is 46.4 Å². The van der Waals surface area contributed by atoms with E-state index in [1.165, 1.54) is 11.1 Å². The van der Waals surface area contributed by atoms with Crippen molar-refractivity contribution in [1.29, 1.82) is 0 Å². The van der Waals surface area contributed by atoms with Crippen molar-refractivity contribution in [3.8, 4) is 22.6 Å². The summed E-state index contributed by atoms with van der Waals surface area (Å²) in [5.41, 5.74) is 7.01. The predicted molar refractivity (Wildman–Crippen MR) is 81.0 cm³/mol. The predicted octanol–water partition coefficient (Wildman–Crippen LogP) is 4.78. The van der Waals surface area contributed by atoms with Gasteiger partial charge in [-0.15, -0.1) is 5.54 Å². The maximum absolute atomic E-state index is 3.60. The summed E-state index contributed by atoms with van der Waals surface area (Å²) < 4.78 is 1.13. The Kier molecular flexibility index (Phi) is 3.42. The highest BCUT2D eigenvalue weighted by Gasteiger charge is 2.12. The van der Waals surface area contributed by atoms with Crippen molar-refractivity contribution in [2.24, 2.45) is 0 Å². The Labute approximate surface area is 113 Å². The third kappa shape index (κ3) is 2.99. The molecule has 0 aromatic carbocycles. The number of rotatable bonds is 0. The van der Waals surface area contributed by atoms with E-state index in [1.807, 2.05) is 6.07 Å². The second-order valence-electron chi connectivity index (χ2n) is 5.14.